The van der Waals surface area contributed by atoms with Gasteiger partial charge >= 0.3 is 12.1 Å². The predicted molar refractivity (Wildman–Crippen MR) is 130 cm³/mol. The van der Waals surface area contributed by atoms with Crippen LogP contribution in [0.3, 0.4) is 0 Å². The maximum atomic E-state index is 12.7. The monoisotopic (exact) mass is 558 g/mol. The van der Waals surface area contributed by atoms with Crippen LogP contribution < -0.4 is 14.8 Å². The number of nitrogens with one attached hydrogen (secondary N) is 1. The van der Waals surface area contributed by atoms with Crippen LogP contribution in [0.2, 0.25) is 0 Å². The van der Waals surface area contributed by atoms with Crippen LogP contribution in [0, 0.1) is 6.92 Å². The van der Waals surface area contributed by atoms with Crippen LogP contribution in [0.15, 0.2) is 22.7 Å². The number of likely N-dealkylation sites (tertiary alicyclic amines) is 1. The van der Waals surface area contributed by atoms with Gasteiger partial charge in [-0.05, 0) is 63.4 Å². The van der Waals surface area contributed by atoms with Gasteiger partial charge in [-0.25, -0.2) is 4.79 Å². The second-order valence-electron chi connectivity index (χ2n) is 9.28. The van der Waals surface area contributed by atoms with E-state index in [1.165, 1.54) is 0 Å². The van der Waals surface area contributed by atoms with E-state index in [2.05, 4.69) is 20.4 Å². The quantitative estimate of drug-likeness (QED) is 0.372. The van der Waals surface area contributed by atoms with E-state index in [1.807, 2.05) is 18.2 Å². The molecule has 2 atom stereocenters. The number of hydrogen-bond acceptors (Lipinski definition) is 9. The van der Waals surface area contributed by atoms with E-state index in [-0.39, 0.29) is 5.91 Å². The minimum atomic E-state index is -5.08. The van der Waals surface area contributed by atoms with Crippen LogP contribution in [0.5, 0.6) is 11.5 Å². The van der Waals surface area contributed by atoms with Gasteiger partial charge in [0.15, 0.2) is 17.3 Å². The highest BCUT2D eigenvalue weighted by atomic mass is 19.4. The fourth-order valence-electron chi connectivity index (χ4n) is 4.23. The molecule has 0 radical (unpaired) electrons. The lowest BCUT2D eigenvalue weighted by Crippen LogP contribution is -2.46. The number of ether oxygens (including phenoxy) is 2. The normalized spacial score (nSPS) is 16.6. The molecule has 1 saturated heterocycles. The lowest BCUT2D eigenvalue weighted by atomic mass is 10.0. The first-order chi connectivity index (χ1) is 18.5. The highest BCUT2D eigenvalue weighted by molar-refractivity contribution is 5.76. The van der Waals surface area contributed by atoms with E-state index in [4.69, 9.17) is 23.9 Å². The number of aliphatic hydroxyl groups is 1. The summed E-state index contributed by atoms with van der Waals surface area (Å²) in [7, 11) is 0. The number of halogens is 3. The van der Waals surface area contributed by atoms with Gasteiger partial charge in [0.25, 0.3) is 0 Å². The van der Waals surface area contributed by atoms with Crippen molar-refractivity contribution < 1.29 is 47.0 Å². The molecule has 2 aliphatic heterocycles. The SMILES string of the molecule is Cc1noc(CCCCC(=O)N[C@@H](CN2CCCC2)C(O)c2ccc3c(c2)OCCO3)n1.O=C(O)C(F)(F)F. The molecule has 0 saturated carbocycles. The zero-order valence-electron chi connectivity index (χ0n) is 21.6. The number of benzene rings is 1. The van der Waals surface area contributed by atoms with Gasteiger partial charge < -0.3 is 34.4 Å². The van der Waals surface area contributed by atoms with Gasteiger partial charge in [-0.1, -0.05) is 11.2 Å². The second-order valence-corrected chi connectivity index (χ2v) is 9.28. The number of unbranched alkanes of at least 4 members (excludes halogenated alkanes) is 1. The number of aliphatic carboxylic acids is 1. The second kappa shape index (κ2) is 14.1. The van der Waals surface area contributed by atoms with Gasteiger partial charge in [0.05, 0.1) is 6.04 Å². The van der Waals surface area contributed by atoms with Crippen molar-refractivity contribution in [3.63, 3.8) is 0 Å². The van der Waals surface area contributed by atoms with Gasteiger partial charge in [-0.3, -0.25) is 4.79 Å². The van der Waals surface area contributed by atoms with Crippen LogP contribution in [-0.4, -0.2) is 82.2 Å². The summed E-state index contributed by atoms with van der Waals surface area (Å²) in [5.41, 5.74) is 0.713. The average molecular weight is 559 g/mol. The van der Waals surface area contributed by atoms with Crippen molar-refractivity contribution in [2.24, 2.45) is 0 Å². The molecular formula is C25H33F3N4O7. The number of aryl methyl sites for hydroxylation is 2. The lowest BCUT2D eigenvalue weighted by Gasteiger charge is -2.29. The first-order valence-corrected chi connectivity index (χ1v) is 12.7. The Kier molecular flexibility index (Phi) is 10.9. The minimum absolute atomic E-state index is 0.0625. The van der Waals surface area contributed by atoms with E-state index in [0.717, 1.165) is 32.4 Å². The number of amides is 1. The van der Waals surface area contributed by atoms with Crippen molar-refractivity contribution in [3.05, 3.63) is 35.5 Å². The number of hydrogen-bond donors (Lipinski definition) is 3. The van der Waals surface area contributed by atoms with Crippen LogP contribution in [0.4, 0.5) is 13.2 Å². The van der Waals surface area contributed by atoms with Crippen LogP contribution in [0.25, 0.3) is 0 Å². The molecule has 0 aliphatic carbocycles. The molecule has 1 amide bonds. The summed E-state index contributed by atoms with van der Waals surface area (Å²) in [6.45, 7) is 5.39. The van der Waals surface area contributed by atoms with Crippen LogP contribution >= 0.6 is 0 Å². The molecule has 0 spiro atoms. The number of carboxylic acids is 1. The van der Waals surface area contributed by atoms with E-state index >= 15 is 0 Å². The summed E-state index contributed by atoms with van der Waals surface area (Å²) in [6, 6.07) is 5.07. The van der Waals surface area contributed by atoms with Crippen LogP contribution in [-0.2, 0) is 16.0 Å². The van der Waals surface area contributed by atoms with Gasteiger partial charge in [0.1, 0.15) is 19.3 Å². The molecule has 1 unspecified atom stereocenters. The highest BCUT2D eigenvalue weighted by Crippen LogP contribution is 2.33. The molecule has 11 nitrogen and oxygen atoms in total. The van der Waals surface area contributed by atoms with Crippen molar-refractivity contribution in [1.82, 2.24) is 20.4 Å². The third kappa shape index (κ3) is 9.70. The Morgan fingerprint density at radius 1 is 1.13 bits per heavy atom. The Morgan fingerprint density at radius 3 is 2.41 bits per heavy atom. The number of aliphatic hydroxyl groups excluding tert-OH is 1. The Morgan fingerprint density at radius 2 is 1.79 bits per heavy atom. The van der Waals surface area contributed by atoms with Gasteiger partial charge in [0, 0.05) is 19.4 Å². The molecule has 2 aliphatic rings. The van der Waals surface area contributed by atoms with Gasteiger partial charge in [0.2, 0.25) is 11.8 Å². The Bertz CT molecular complexity index is 1090. The van der Waals surface area contributed by atoms with E-state index in [9.17, 15) is 23.1 Å². The Balaban J connectivity index is 0.000000532. The summed E-state index contributed by atoms with van der Waals surface area (Å²) >= 11 is 0. The zero-order chi connectivity index (χ0) is 28.4. The summed E-state index contributed by atoms with van der Waals surface area (Å²) in [5.74, 6) is -0.279. The fourth-order valence-corrected chi connectivity index (χ4v) is 4.23. The van der Waals surface area contributed by atoms with Crippen molar-refractivity contribution in [2.45, 2.75) is 63.8 Å². The number of carbonyl (C=O) groups excluding carboxylic acids is 1. The molecular weight excluding hydrogens is 525 g/mol. The maximum Gasteiger partial charge on any atom is 0.490 e. The number of fused-ring (bicyclic) bond motifs is 1. The van der Waals surface area contributed by atoms with Crippen molar-refractivity contribution in [3.8, 4) is 11.5 Å². The molecule has 14 heteroatoms. The molecule has 1 aromatic heterocycles. The molecule has 0 bridgehead atoms. The fraction of sp³-hybridized carbons (Fsp3) is 0.600. The third-order valence-corrected chi connectivity index (χ3v) is 6.15. The van der Waals surface area contributed by atoms with Crippen molar-refractivity contribution >= 4 is 11.9 Å². The van der Waals surface area contributed by atoms with Crippen LogP contribution in [0.1, 0.15) is 55.5 Å². The molecule has 3 N–H and O–H groups in total. The number of alkyl halides is 3. The number of carboxylic acid groups (broad SMARTS) is 1. The highest BCUT2D eigenvalue weighted by Gasteiger charge is 2.38. The predicted octanol–water partition coefficient (Wildman–Crippen LogP) is 2.81. The van der Waals surface area contributed by atoms with Crippen molar-refractivity contribution in [1.29, 1.82) is 0 Å². The first kappa shape index (κ1) is 30.2. The van der Waals surface area contributed by atoms with Crippen molar-refractivity contribution in [2.75, 3.05) is 32.8 Å². The number of aromatic nitrogens is 2. The zero-order valence-corrected chi connectivity index (χ0v) is 21.6. The first-order valence-electron chi connectivity index (χ1n) is 12.7. The topological polar surface area (TPSA) is 147 Å². The number of rotatable bonds is 10. The summed E-state index contributed by atoms with van der Waals surface area (Å²) in [4.78, 5) is 28.1. The summed E-state index contributed by atoms with van der Waals surface area (Å²) in [5, 5.41) is 25.1. The molecule has 216 valence electrons. The largest absolute Gasteiger partial charge is 0.490 e. The average Bonchev–Trinajstić information content (AvgIpc) is 3.57. The Labute approximate surface area is 223 Å². The summed E-state index contributed by atoms with van der Waals surface area (Å²) < 4.78 is 48.1. The molecule has 1 aromatic carbocycles. The van der Waals surface area contributed by atoms with Gasteiger partial charge in [-0.2, -0.15) is 18.2 Å². The molecule has 2 aromatic rings. The number of carbonyl (C=O) groups is 2. The van der Waals surface area contributed by atoms with Gasteiger partial charge in [-0.15, -0.1) is 0 Å². The van der Waals surface area contributed by atoms with E-state index in [0.29, 0.717) is 67.8 Å². The lowest BCUT2D eigenvalue weighted by molar-refractivity contribution is -0.192. The van der Waals surface area contributed by atoms with E-state index in [1.54, 1.807) is 6.92 Å². The Hall–Kier alpha value is -3.39. The maximum absolute atomic E-state index is 12.7. The molecule has 1 fully saturated rings. The van der Waals surface area contributed by atoms with E-state index < -0.39 is 24.3 Å². The molecule has 3 heterocycles. The number of nitrogens with zero attached hydrogens (tertiary/aromatic N) is 3. The standard InChI is InChI=1S/C23H32N4O5.C2HF3O2/c1-16-24-22(32-26-16)7-3-2-6-21(28)25-18(15-27-10-4-5-11-27)23(29)17-8-9-19-20(14-17)31-13-12-30-19;3-2(4,5)1(6)7/h8-9,14,18,23,29H,2-7,10-13,15H2,1H3,(H,25,28);(H,6,7)/t18-,23?;/m0./s1. The smallest absolute Gasteiger partial charge is 0.486 e. The molecule has 4 rings (SSSR count). The summed E-state index contributed by atoms with van der Waals surface area (Å²) in [6.07, 6.45) is -1.08. The molecule has 39 heavy (non-hydrogen) atoms. The third-order valence-electron chi connectivity index (χ3n) is 6.15. The minimum Gasteiger partial charge on any atom is -0.486 e.